The predicted molar refractivity (Wildman–Crippen MR) is 132 cm³/mol. The van der Waals surface area contributed by atoms with Crippen molar-refractivity contribution in [1.82, 2.24) is 4.98 Å². The van der Waals surface area contributed by atoms with E-state index in [2.05, 4.69) is 61.2 Å². The fourth-order valence-corrected chi connectivity index (χ4v) is 5.63. The molecule has 0 amide bonds. The normalized spacial score (nSPS) is 22.3. The maximum atomic E-state index is 5.96. The zero-order valence-electron chi connectivity index (χ0n) is 19.5. The van der Waals surface area contributed by atoms with E-state index in [1.807, 2.05) is 6.20 Å². The number of pyridine rings is 1. The summed E-state index contributed by atoms with van der Waals surface area (Å²) >= 11 is 0. The molecule has 1 aliphatic carbocycles. The van der Waals surface area contributed by atoms with Crippen LogP contribution in [-0.4, -0.2) is 37.4 Å². The van der Waals surface area contributed by atoms with Crippen LogP contribution in [0.25, 0.3) is 22.0 Å². The Balaban J connectivity index is 1.49. The summed E-state index contributed by atoms with van der Waals surface area (Å²) in [6, 6.07) is 15.4. The van der Waals surface area contributed by atoms with Crippen LogP contribution in [0.4, 0.5) is 5.69 Å². The molecule has 5 rings (SSSR count). The van der Waals surface area contributed by atoms with Gasteiger partial charge in [0, 0.05) is 35.9 Å². The molecule has 0 radical (unpaired) electrons. The zero-order valence-corrected chi connectivity index (χ0v) is 19.5. The minimum absolute atomic E-state index is 0.251. The van der Waals surface area contributed by atoms with Crippen LogP contribution in [0.3, 0.4) is 0 Å². The molecule has 2 heterocycles. The molecule has 0 bridgehead atoms. The fourth-order valence-electron chi connectivity index (χ4n) is 5.63. The second kappa shape index (κ2) is 9.11. The average Bonchev–Trinajstić information content (AvgIpc) is 2.83. The zero-order chi connectivity index (χ0) is 22.1. The van der Waals surface area contributed by atoms with Crippen LogP contribution in [-0.2, 0) is 4.74 Å². The average molecular weight is 431 g/mol. The van der Waals surface area contributed by atoms with Crippen LogP contribution in [0.1, 0.15) is 57.4 Å². The molecule has 2 atom stereocenters. The van der Waals surface area contributed by atoms with Crippen LogP contribution >= 0.6 is 0 Å². The molecular weight excluding hydrogens is 396 g/mol. The molecule has 1 aromatic heterocycles. The molecule has 32 heavy (non-hydrogen) atoms. The summed E-state index contributed by atoms with van der Waals surface area (Å²) < 4.78 is 11.9. The number of para-hydroxylation sites is 1. The number of morpholine rings is 1. The summed E-state index contributed by atoms with van der Waals surface area (Å²) in [7, 11) is 1.77. The molecule has 2 fully saturated rings. The van der Waals surface area contributed by atoms with Crippen molar-refractivity contribution in [2.45, 2.75) is 64.1 Å². The molecule has 0 spiro atoms. The Morgan fingerprint density at radius 2 is 1.66 bits per heavy atom. The lowest BCUT2D eigenvalue weighted by atomic mass is 9.83. The van der Waals surface area contributed by atoms with Gasteiger partial charge in [0.15, 0.2) is 0 Å². The quantitative estimate of drug-likeness (QED) is 0.469. The summed E-state index contributed by atoms with van der Waals surface area (Å²) in [5, 5.41) is 1.12. The summed E-state index contributed by atoms with van der Waals surface area (Å²) in [6.45, 7) is 6.14. The van der Waals surface area contributed by atoms with E-state index in [-0.39, 0.29) is 12.2 Å². The van der Waals surface area contributed by atoms with E-state index in [0.29, 0.717) is 5.92 Å². The predicted octanol–water partition coefficient (Wildman–Crippen LogP) is 6.57. The smallest absolute Gasteiger partial charge is 0.137 e. The lowest BCUT2D eigenvalue weighted by molar-refractivity contribution is -0.00521. The Morgan fingerprint density at radius 3 is 2.34 bits per heavy atom. The first-order valence-corrected chi connectivity index (χ1v) is 12.1. The van der Waals surface area contributed by atoms with Gasteiger partial charge < -0.3 is 14.4 Å². The molecule has 2 aliphatic rings. The number of rotatable bonds is 4. The SMILES string of the molecule is COc1c(-c2ccc(N3C[C@@H](C)O[C@@H](C)C3)cc2)cnc2c(C3CCCCC3)cccc12. The molecule has 2 aromatic carbocycles. The Hall–Kier alpha value is -2.59. The van der Waals surface area contributed by atoms with Gasteiger partial charge in [-0.05, 0) is 61.9 Å². The largest absolute Gasteiger partial charge is 0.495 e. The first kappa shape index (κ1) is 21.3. The summed E-state index contributed by atoms with van der Waals surface area (Å²) in [5.74, 6) is 1.54. The Bertz CT molecular complexity index is 1060. The van der Waals surface area contributed by atoms with Gasteiger partial charge in [0.1, 0.15) is 5.75 Å². The van der Waals surface area contributed by atoms with Crippen LogP contribution in [0.2, 0.25) is 0 Å². The summed E-state index contributed by atoms with van der Waals surface area (Å²) in [5.41, 5.74) is 5.92. The van der Waals surface area contributed by atoms with Gasteiger partial charge in [0.05, 0.1) is 24.8 Å². The molecule has 0 N–H and O–H groups in total. The topological polar surface area (TPSA) is 34.6 Å². The third kappa shape index (κ3) is 4.09. The summed E-state index contributed by atoms with van der Waals surface area (Å²) in [6.07, 6.45) is 9.05. The van der Waals surface area contributed by atoms with Crippen molar-refractivity contribution in [3.8, 4) is 16.9 Å². The van der Waals surface area contributed by atoms with Crippen molar-refractivity contribution in [3.05, 3.63) is 54.2 Å². The number of nitrogens with zero attached hydrogens (tertiary/aromatic N) is 2. The first-order chi connectivity index (χ1) is 15.6. The third-order valence-corrected chi connectivity index (χ3v) is 7.09. The Kier molecular flexibility index (Phi) is 6.05. The van der Waals surface area contributed by atoms with Crippen LogP contribution in [0.15, 0.2) is 48.7 Å². The molecular formula is C28H34N2O2. The number of benzene rings is 2. The lowest BCUT2D eigenvalue weighted by Crippen LogP contribution is -2.45. The van der Waals surface area contributed by atoms with Crippen LogP contribution in [0.5, 0.6) is 5.75 Å². The molecule has 3 aromatic rings. The van der Waals surface area contributed by atoms with Crippen molar-refractivity contribution in [2.24, 2.45) is 0 Å². The molecule has 1 aliphatic heterocycles. The monoisotopic (exact) mass is 430 g/mol. The van der Waals surface area contributed by atoms with Gasteiger partial charge >= 0.3 is 0 Å². The highest BCUT2D eigenvalue weighted by Crippen LogP contribution is 2.41. The van der Waals surface area contributed by atoms with Gasteiger partial charge in [0.2, 0.25) is 0 Å². The minimum atomic E-state index is 0.251. The lowest BCUT2D eigenvalue weighted by Gasteiger charge is -2.36. The summed E-state index contributed by atoms with van der Waals surface area (Å²) in [4.78, 5) is 7.38. The van der Waals surface area contributed by atoms with Gasteiger partial charge in [-0.2, -0.15) is 0 Å². The van der Waals surface area contributed by atoms with Crippen molar-refractivity contribution in [2.75, 3.05) is 25.1 Å². The van der Waals surface area contributed by atoms with Crippen molar-refractivity contribution in [3.63, 3.8) is 0 Å². The fraction of sp³-hybridized carbons (Fsp3) is 0.464. The van der Waals surface area contributed by atoms with E-state index in [1.54, 1.807) is 7.11 Å². The first-order valence-electron chi connectivity index (χ1n) is 12.1. The van der Waals surface area contributed by atoms with Gasteiger partial charge in [0.25, 0.3) is 0 Å². The van der Waals surface area contributed by atoms with Crippen molar-refractivity contribution in [1.29, 1.82) is 0 Å². The van der Waals surface area contributed by atoms with Gasteiger partial charge in [-0.1, -0.05) is 43.5 Å². The highest BCUT2D eigenvalue weighted by molar-refractivity contribution is 5.94. The van der Waals surface area contributed by atoms with E-state index in [9.17, 15) is 0 Å². The number of hydrogen-bond acceptors (Lipinski definition) is 4. The number of aromatic nitrogens is 1. The van der Waals surface area contributed by atoms with Crippen molar-refractivity contribution >= 4 is 16.6 Å². The maximum absolute atomic E-state index is 5.96. The number of hydrogen-bond donors (Lipinski definition) is 0. The maximum Gasteiger partial charge on any atom is 0.137 e. The molecule has 0 unspecified atom stereocenters. The van der Waals surface area contributed by atoms with Crippen molar-refractivity contribution < 1.29 is 9.47 Å². The highest BCUT2D eigenvalue weighted by Gasteiger charge is 2.23. The van der Waals surface area contributed by atoms with Gasteiger partial charge in [-0.25, -0.2) is 0 Å². The Labute approximate surface area is 191 Å². The van der Waals surface area contributed by atoms with Crippen LogP contribution in [0, 0.1) is 0 Å². The molecule has 4 nitrogen and oxygen atoms in total. The van der Waals surface area contributed by atoms with Crippen LogP contribution < -0.4 is 9.64 Å². The molecule has 1 saturated carbocycles. The number of fused-ring (bicyclic) bond motifs is 1. The van der Waals surface area contributed by atoms with E-state index >= 15 is 0 Å². The van der Waals surface area contributed by atoms with E-state index in [0.717, 1.165) is 40.9 Å². The molecule has 168 valence electrons. The van der Waals surface area contributed by atoms with E-state index < -0.39 is 0 Å². The number of ether oxygens (including phenoxy) is 2. The molecule has 4 heteroatoms. The Morgan fingerprint density at radius 1 is 0.938 bits per heavy atom. The standard InChI is InChI=1S/C28H34N2O2/c1-19-17-30(18-20(2)32-19)23-14-12-22(13-15-23)26-16-29-27-24(21-8-5-4-6-9-21)10-7-11-25(27)28(26)31-3/h7,10-16,19-21H,4-6,8-9,17-18H2,1-3H3/t19-,20+. The second-order valence-electron chi connectivity index (χ2n) is 9.49. The highest BCUT2D eigenvalue weighted by atomic mass is 16.5. The van der Waals surface area contributed by atoms with Gasteiger partial charge in [-0.15, -0.1) is 0 Å². The third-order valence-electron chi connectivity index (χ3n) is 7.09. The second-order valence-corrected chi connectivity index (χ2v) is 9.49. The van der Waals surface area contributed by atoms with E-state index in [1.165, 1.54) is 43.4 Å². The van der Waals surface area contributed by atoms with Gasteiger partial charge in [-0.3, -0.25) is 4.98 Å². The molecule has 1 saturated heterocycles. The van der Waals surface area contributed by atoms with E-state index in [4.69, 9.17) is 14.5 Å². The number of methoxy groups -OCH3 is 1. The number of anilines is 1. The minimum Gasteiger partial charge on any atom is -0.495 e.